The molecule has 15 heteroatoms. The number of hydrogen-bond donors (Lipinski definition) is 0. The molecule has 0 rings (SSSR count). The van der Waals surface area contributed by atoms with Gasteiger partial charge in [0.2, 0.25) is 0 Å². The third kappa shape index (κ3) is 4.40. The maximum absolute atomic E-state index is 13.1. The highest BCUT2D eigenvalue weighted by Gasteiger charge is 2.87. The van der Waals surface area contributed by atoms with Crippen molar-refractivity contribution in [1.82, 2.24) is 0 Å². The number of halogens is 13. The smallest absolute Gasteiger partial charge is 0.396 e. The first-order chi connectivity index (χ1) is 10.6. The second-order valence-corrected chi connectivity index (χ2v) is 4.65. The van der Waals surface area contributed by atoms with E-state index in [4.69, 9.17) is 0 Å². The van der Waals surface area contributed by atoms with Crippen molar-refractivity contribution in [3.63, 3.8) is 0 Å². The molecule has 0 aliphatic carbocycles. The van der Waals surface area contributed by atoms with Crippen molar-refractivity contribution in [1.29, 1.82) is 0 Å². The Morgan fingerprint density at radius 1 is 0.680 bits per heavy atom. The van der Waals surface area contributed by atoms with Gasteiger partial charge in [0.1, 0.15) is 0 Å². The first-order valence-electron chi connectivity index (χ1n) is 5.78. The topological polar surface area (TPSA) is 26.3 Å². The normalized spacial score (nSPS) is 15.3. The first-order valence-corrected chi connectivity index (χ1v) is 5.78. The molecule has 0 unspecified atom stereocenters. The molecule has 0 aromatic carbocycles. The summed E-state index contributed by atoms with van der Waals surface area (Å²) in [5, 5.41) is 0. The molecule has 0 fully saturated rings. The molecule has 0 N–H and O–H groups in total. The monoisotopic (exact) mass is 406 g/mol. The van der Waals surface area contributed by atoms with Crippen molar-refractivity contribution >= 4 is 5.97 Å². The van der Waals surface area contributed by atoms with Crippen LogP contribution in [0.2, 0.25) is 0 Å². The fraction of sp³-hybridized carbons (Fsp3) is 0.900. The highest BCUT2D eigenvalue weighted by atomic mass is 19.4. The van der Waals surface area contributed by atoms with E-state index in [1.807, 2.05) is 0 Å². The van der Waals surface area contributed by atoms with Gasteiger partial charge < -0.3 is 4.74 Å². The van der Waals surface area contributed by atoms with Gasteiger partial charge in [-0.1, -0.05) is 0 Å². The van der Waals surface area contributed by atoms with Crippen LogP contribution in [-0.4, -0.2) is 41.9 Å². The van der Waals surface area contributed by atoms with E-state index in [9.17, 15) is 61.9 Å². The molecule has 0 heterocycles. The van der Waals surface area contributed by atoms with E-state index < -0.39 is 54.8 Å². The standard InChI is InChI=1S/C10H7F13O2/c1-4(24)25-10(22,23)9(20,21)8(18,19)7(16,17)5(11,12)2-3-6(13,14)15/h2-3H2,1H3. The average Bonchev–Trinajstić information content (AvgIpc) is 2.33. The highest BCUT2D eigenvalue weighted by Crippen LogP contribution is 2.58. The number of carbonyl (C=O) groups excluding carboxylic acids is 1. The fourth-order valence-electron chi connectivity index (χ4n) is 1.31. The summed E-state index contributed by atoms with van der Waals surface area (Å²) in [5.74, 6) is -31.1. The minimum absolute atomic E-state index is 0.0157. The van der Waals surface area contributed by atoms with Crippen LogP contribution in [0.1, 0.15) is 19.8 Å². The Hall–Kier alpha value is -1.44. The number of hydrogen-bond acceptors (Lipinski definition) is 2. The van der Waals surface area contributed by atoms with Crippen LogP contribution in [0.25, 0.3) is 0 Å². The molecule has 0 radical (unpaired) electrons. The number of alkyl halides is 13. The Morgan fingerprint density at radius 2 is 1.08 bits per heavy atom. The summed E-state index contributed by atoms with van der Waals surface area (Å²) in [6, 6.07) is 0. The van der Waals surface area contributed by atoms with E-state index >= 15 is 0 Å². The molecule has 0 amide bonds. The lowest BCUT2D eigenvalue weighted by Gasteiger charge is -2.38. The van der Waals surface area contributed by atoms with Gasteiger partial charge in [0.25, 0.3) is 0 Å². The molecule has 0 aliphatic heterocycles. The van der Waals surface area contributed by atoms with Gasteiger partial charge in [0.15, 0.2) is 0 Å². The van der Waals surface area contributed by atoms with E-state index in [-0.39, 0.29) is 6.92 Å². The lowest BCUT2D eigenvalue weighted by Crippen LogP contribution is -2.67. The predicted octanol–water partition coefficient (Wildman–Crippen LogP) is 5.03. The predicted molar refractivity (Wildman–Crippen MR) is 51.8 cm³/mol. The van der Waals surface area contributed by atoms with Gasteiger partial charge in [0, 0.05) is 19.8 Å². The minimum Gasteiger partial charge on any atom is -0.396 e. The maximum atomic E-state index is 13.1. The summed E-state index contributed by atoms with van der Waals surface area (Å²) < 4.78 is 168. The van der Waals surface area contributed by atoms with Crippen molar-refractivity contribution in [2.45, 2.75) is 55.7 Å². The Bertz CT molecular complexity index is 494. The summed E-state index contributed by atoms with van der Waals surface area (Å²) in [6.45, 7) is -0.0157. The Labute approximate surface area is 129 Å². The van der Waals surface area contributed by atoms with Crippen LogP contribution in [0.4, 0.5) is 57.1 Å². The average molecular weight is 406 g/mol. The van der Waals surface area contributed by atoms with Gasteiger partial charge in [-0.05, 0) is 0 Å². The zero-order chi connectivity index (χ0) is 20.7. The summed E-state index contributed by atoms with van der Waals surface area (Å²) in [7, 11) is 0. The summed E-state index contributed by atoms with van der Waals surface area (Å²) in [6.07, 6.45) is -18.1. The quantitative estimate of drug-likeness (QED) is 0.438. The van der Waals surface area contributed by atoms with Gasteiger partial charge >= 0.3 is 41.9 Å². The molecule has 0 aliphatic rings. The molecule has 0 bridgehead atoms. The zero-order valence-electron chi connectivity index (χ0n) is 11.6. The molecule has 0 aromatic heterocycles. The van der Waals surface area contributed by atoms with Crippen LogP contribution >= 0.6 is 0 Å². The second kappa shape index (κ2) is 6.37. The van der Waals surface area contributed by atoms with Crippen LogP contribution in [0, 0.1) is 0 Å². The summed E-state index contributed by atoms with van der Waals surface area (Å²) in [4.78, 5) is 10.2. The third-order valence-electron chi connectivity index (χ3n) is 2.61. The summed E-state index contributed by atoms with van der Waals surface area (Å²) >= 11 is 0. The molecule has 0 spiro atoms. The van der Waals surface area contributed by atoms with E-state index in [2.05, 4.69) is 4.74 Å². The Kier molecular flexibility index (Phi) is 6.01. The molecule has 2 nitrogen and oxygen atoms in total. The molecule has 0 saturated heterocycles. The largest absolute Gasteiger partial charge is 0.473 e. The first kappa shape index (κ1) is 23.6. The Balaban J connectivity index is 5.89. The minimum atomic E-state index is -7.59. The third-order valence-corrected chi connectivity index (χ3v) is 2.61. The van der Waals surface area contributed by atoms with Crippen molar-refractivity contribution in [2.75, 3.05) is 0 Å². The van der Waals surface area contributed by atoms with Gasteiger partial charge in [-0.25, -0.2) is 0 Å². The molecule has 25 heavy (non-hydrogen) atoms. The van der Waals surface area contributed by atoms with Crippen LogP contribution < -0.4 is 0 Å². The van der Waals surface area contributed by atoms with Crippen LogP contribution in [-0.2, 0) is 9.53 Å². The lowest BCUT2D eigenvalue weighted by molar-refractivity contribution is -0.437. The van der Waals surface area contributed by atoms with Gasteiger partial charge in [-0.2, -0.15) is 57.1 Å². The second-order valence-electron chi connectivity index (χ2n) is 4.65. The lowest BCUT2D eigenvalue weighted by atomic mass is 9.95. The van der Waals surface area contributed by atoms with Crippen molar-refractivity contribution < 1.29 is 66.6 Å². The van der Waals surface area contributed by atoms with Crippen molar-refractivity contribution in [3.8, 4) is 0 Å². The van der Waals surface area contributed by atoms with Gasteiger partial charge in [-0.3, -0.25) is 4.79 Å². The summed E-state index contributed by atoms with van der Waals surface area (Å²) in [5.41, 5.74) is 0. The Morgan fingerprint density at radius 3 is 1.40 bits per heavy atom. The van der Waals surface area contributed by atoms with Crippen molar-refractivity contribution in [3.05, 3.63) is 0 Å². The van der Waals surface area contributed by atoms with Gasteiger partial charge in [0.05, 0.1) is 0 Å². The molecule has 0 atom stereocenters. The molecule has 0 aromatic rings. The number of esters is 1. The molecular formula is C10H7F13O2. The number of carbonyl (C=O) groups is 1. The van der Waals surface area contributed by atoms with Crippen LogP contribution in [0.5, 0.6) is 0 Å². The molecule has 150 valence electrons. The van der Waals surface area contributed by atoms with E-state index in [1.165, 1.54) is 0 Å². The molecular weight excluding hydrogens is 399 g/mol. The van der Waals surface area contributed by atoms with E-state index in [1.54, 1.807) is 0 Å². The zero-order valence-corrected chi connectivity index (χ0v) is 11.6. The van der Waals surface area contributed by atoms with Crippen LogP contribution in [0.3, 0.4) is 0 Å². The number of rotatable bonds is 7. The number of ether oxygens (including phenoxy) is 1. The molecule has 0 saturated carbocycles. The van der Waals surface area contributed by atoms with E-state index in [0.29, 0.717) is 0 Å². The fourth-order valence-corrected chi connectivity index (χ4v) is 1.31. The van der Waals surface area contributed by atoms with Crippen LogP contribution in [0.15, 0.2) is 0 Å². The van der Waals surface area contributed by atoms with Crippen molar-refractivity contribution in [2.24, 2.45) is 0 Å². The van der Waals surface area contributed by atoms with E-state index in [0.717, 1.165) is 0 Å². The van der Waals surface area contributed by atoms with Gasteiger partial charge in [-0.15, -0.1) is 0 Å². The SMILES string of the molecule is CC(=O)OC(F)(F)C(F)(F)C(F)(F)C(F)(F)C(F)(F)CCC(F)(F)F. The highest BCUT2D eigenvalue weighted by molar-refractivity contribution is 5.66. The maximum Gasteiger partial charge on any atom is 0.473 e.